The van der Waals surface area contributed by atoms with Gasteiger partial charge in [-0.15, -0.1) is 0 Å². The lowest BCUT2D eigenvalue weighted by atomic mass is 10.2. The summed E-state index contributed by atoms with van der Waals surface area (Å²) in [4.78, 5) is 22.4. The van der Waals surface area contributed by atoms with Gasteiger partial charge in [0.25, 0.3) is 5.91 Å². The number of nitrogens with one attached hydrogen (secondary N) is 1. The Bertz CT molecular complexity index is 754. The zero-order valence-corrected chi connectivity index (χ0v) is 11.1. The second kappa shape index (κ2) is 5.41. The quantitative estimate of drug-likeness (QED) is 0.660. The molecule has 1 atom stereocenters. The standard InChI is InChI=1S/C14H10FN3O4/c15-9-3-1-8(2-4-9)11-6-5-10(22-11)7-16-18-13(20)12(19)17-14(18)21/h1-7,13,20H,(H,17,19,21)/b16-7+. The number of aliphatic hydroxyl groups excluding tert-OH is 1. The van der Waals surface area contributed by atoms with Crippen LogP contribution in [0.3, 0.4) is 0 Å². The number of halogens is 1. The van der Waals surface area contributed by atoms with Gasteiger partial charge in [-0.2, -0.15) is 10.1 Å². The summed E-state index contributed by atoms with van der Waals surface area (Å²) in [6, 6.07) is 8.16. The molecule has 2 aromatic rings. The van der Waals surface area contributed by atoms with Crippen molar-refractivity contribution in [3.8, 4) is 11.3 Å². The topological polar surface area (TPSA) is 95.1 Å². The molecular formula is C14H10FN3O4. The molecule has 7 nitrogen and oxygen atoms in total. The van der Waals surface area contributed by atoms with Crippen LogP contribution in [0.4, 0.5) is 9.18 Å². The molecule has 1 aromatic heterocycles. The molecule has 8 heteroatoms. The zero-order chi connectivity index (χ0) is 15.7. The molecule has 0 bridgehead atoms. The number of hydrazone groups is 1. The van der Waals surface area contributed by atoms with E-state index >= 15 is 0 Å². The van der Waals surface area contributed by atoms with Gasteiger partial charge in [0.2, 0.25) is 6.23 Å². The Kier molecular flexibility index (Phi) is 3.43. The zero-order valence-electron chi connectivity index (χ0n) is 11.1. The highest BCUT2D eigenvalue weighted by Crippen LogP contribution is 2.21. The highest BCUT2D eigenvalue weighted by molar-refractivity contribution is 6.03. The smallest absolute Gasteiger partial charge is 0.347 e. The maximum Gasteiger partial charge on any atom is 0.347 e. The number of hydrogen-bond acceptors (Lipinski definition) is 5. The highest BCUT2D eigenvalue weighted by Gasteiger charge is 2.37. The summed E-state index contributed by atoms with van der Waals surface area (Å²) in [5.41, 5.74) is 0.676. The summed E-state index contributed by atoms with van der Waals surface area (Å²) in [5, 5.41) is 15.6. The average molecular weight is 303 g/mol. The summed E-state index contributed by atoms with van der Waals surface area (Å²) in [6.45, 7) is 0. The van der Waals surface area contributed by atoms with Gasteiger partial charge in [0.05, 0.1) is 6.21 Å². The molecule has 0 saturated carbocycles. The van der Waals surface area contributed by atoms with Crippen molar-refractivity contribution in [2.75, 3.05) is 0 Å². The number of nitrogens with zero attached hydrogens (tertiary/aromatic N) is 2. The number of carbonyl (C=O) groups is 2. The second-order valence-electron chi connectivity index (χ2n) is 4.47. The molecule has 112 valence electrons. The highest BCUT2D eigenvalue weighted by atomic mass is 19.1. The number of furan rings is 1. The molecule has 3 amide bonds. The van der Waals surface area contributed by atoms with E-state index in [9.17, 15) is 19.1 Å². The molecule has 1 aromatic carbocycles. The third-order valence-electron chi connectivity index (χ3n) is 2.97. The fourth-order valence-electron chi connectivity index (χ4n) is 1.88. The second-order valence-corrected chi connectivity index (χ2v) is 4.47. The number of hydrogen-bond donors (Lipinski definition) is 2. The van der Waals surface area contributed by atoms with E-state index in [0.29, 0.717) is 22.1 Å². The summed E-state index contributed by atoms with van der Waals surface area (Å²) < 4.78 is 18.3. The van der Waals surface area contributed by atoms with Gasteiger partial charge in [0, 0.05) is 5.56 Å². The lowest BCUT2D eigenvalue weighted by molar-refractivity contribution is -0.130. The van der Waals surface area contributed by atoms with Gasteiger partial charge in [-0.1, -0.05) is 0 Å². The summed E-state index contributed by atoms with van der Waals surface area (Å²) in [5.74, 6) is -0.396. The number of benzene rings is 1. The van der Waals surface area contributed by atoms with Gasteiger partial charge < -0.3 is 9.52 Å². The van der Waals surface area contributed by atoms with Crippen LogP contribution < -0.4 is 5.32 Å². The van der Waals surface area contributed by atoms with Crippen molar-refractivity contribution in [2.45, 2.75) is 6.23 Å². The Hall–Kier alpha value is -3.00. The largest absolute Gasteiger partial charge is 0.455 e. The molecule has 2 N–H and O–H groups in total. The Balaban J connectivity index is 1.77. The van der Waals surface area contributed by atoms with E-state index < -0.39 is 18.2 Å². The minimum Gasteiger partial charge on any atom is -0.455 e. The van der Waals surface area contributed by atoms with Crippen molar-refractivity contribution >= 4 is 18.2 Å². The number of aliphatic hydroxyl groups is 1. The van der Waals surface area contributed by atoms with Crippen LogP contribution in [0.25, 0.3) is 11.3 Å². The first-order chi connectivity index (χ1) is 10.5. The van der Waals surface area contributed by atoms with Crippen LogP contribution in [0.1, 0.15) is 5.76 Å². The van der Waals surface area contributed by atoms with Crippen molar-refractivity contribution in [2.24, 2.45) is 5.10 Å². The number of amides is 3. The van der Waals surface area contributed by atoms with Crippen LogP contribution in [-0.2, 0) is 4.79 Å². The fourth-order valence-corrected chi connectivity index (χ4v) is 1.88. The number of imide groups is 1. The normalized spacial score (nSPS) is 18.3. The van der Waals surface area contributed by atoms with Crippen molar-refractivity contribution < 1.29 is 23.5 Å². The van der Waals surface area contributed by atoms with Gasteiger partial charge >= 0.3 is 6.03 Å². The van der Waals surface area contributed by atoms with Gasteiger partial charge in [-0.05, 0) is 36.4 Å². The van der Waals surface area contributed by atoms with Crippen molar-refractivity contribution in [1.29, 1.82) is 0 Å². The predicted molar refractivity (Wildman–Crippen MR) is 73.1 cm³/mol. The SMILES string of the molecule is O=C1NC(=O)N(/N=C/c2ccc(-c3ccc(F)cc3)o2)C1O. The maximum absolute atomic E-state index is 12.9. The van der Waals surface area contributed by atoms with Crippen LogP contribution in [0.15, 0.2) is 45.9 Å². The molecular weight excluding hydrogens is 293 g/mol. The third-order valence-corrected chi connectivity index (χ3v) is 2.97. The van der Waals surface area contributed by atoms with E-state index in [4.69, 9.17) is 4.42 Å². The van der Waals surface area contributed by atoms with Gasteiger partial charge in [-0.25, -0.2) is 9.18 Å². The first-order valence-electron chi connectivity index (χ1n) is 6.26. The Morgan fingerprint density at radius 2 is 1.95 bits per heavy atom. The lowest BCUT2D eigenvalue weighted by Gasteiger charge is -2.08. The Labute approximate surface area is 123 Å². The molecule has 3 rings (SSSR count). The number of carbonyl (C=O) groups excluding carboxylic acids is 2. The summed E-state index contributed by atoms with van der Waals surface area (Å²) in [7, 11) is 0. The van der Waals surface area contributed by atoms with Crippen molar-refractivity contribution in [3.63, 3.8) is 0 Å². The van der Waals surface area contributed by atoms with Crippen LogP contribution in [0.5, 0.6) is 0 Å². The minimum atomic E-state index is -1.66. The van der Waals surface area contributed by atoms with Crippen LogP contribution in [0, 0.1) is 5.82 Å². The Morgan fingerprint density at radius 3 is 2.59 bits per heavy atom. The first-order valence-corrected chi connectivity index (χ1v) is 6.26. The molecule has 1 unspecified atom stereocenters. The average Bonchev–Trinajstić information content (AvgIpc) is 3.05. The van der Waals surface area contributed by atoms with Crippen LogP contribution in [-0.4, -0.2) is 34.5 Å². The molecule has 22 heavy (non-hydrogen) atoms. The summed E-state index contributed by atoms with van der Waals surface area (Å²) in [6.07, 6.45) is -0.468. The van der Waals surface area contributed by atoms with Gasteiger partial charge in [0.15, 0.2) is 0 Å². The minimum absolute atomic E-state index is 0.304. The van der Waals surface area contributed by atoms with Crippen molar-refractivity contribution in [1.82, 2.24) is 10.3 Å². The molecule has 1 aliphatic heterocycles. The fraction of sp³-hybridized carbons (Fsp3) is 0.0714. The monoisotopic (exact) mass is 303 g/mol. The van der Waals surface area contributed by atoms with E-state index in [1.165, 1.54) is 18.3 Å². The molecule has 1 fully saturated rings. The first kappa shape index (κ1) is 14.0. The number of urea groups is 1. The van der Waals surface area contributed by atoms with Crippen LogP contribution in [0.2, 0.25) is 0 Å². The molecule has 0 radical (unpaired) electrons. The molecule has 0 aliphatic carbocycles. The lowest BCUT2D eigenvalue weighted by Crippen LogP contribution is -2.30. The van der Waals surface area contributed by atoms with E-state index in [1.807, 2.05) is 5.32 Å². The molecule has 0 spiro atoms. The van der Waals surface area contributed by atoms with Gasteiger partial charge in [-0.3, -0.25) is 10.1 Å². The Morgan fingerprint density at radius 1 is 1.23 bits per heavy atom. The van der Waals surface area contributed by atoms with Gasteiger partial charge in [0.1, 0.15) is 17.3 Å². The molecule has 1 saturated heterocycles. The molecule has 1 aliphatic rings. The van der Waals surface area contributed by atoms with Crippen LogP contribution >= 0.6 is 0 Å². The van der Waals surface area contributed by atoms with Crippen molar-refractivity contribution in [3.05, 3.63) is 48.0 Å². The summed E-state index contributed by atoms with van der Waals surface area (Å²) >= 11 is 0. The molecule has 2 heterocycles. The van der Waals surface area contributed by atoms with E-state index in [1.54, 1.807) is 24.3 Å². The third kappa shape index (κ3) is 2.59. The van der Waals surface area contributed by atoms with E-state index in [0.717, 1.165) is 0 Å². The maximum atomic E-state index is 12.9. The van der Waals surface area contributed by atoms with E-state index in [2.05, 4.69) is 5.10 Å². The van der Waals surface area contributed by atoms with E-state index in [-0.39, 0.29) is 5.82 Å². The predicted octanol–water partition coefficient (Wildman–Crippen LogP) is 1.29. The number of rotatable bonds is 3.